The fraction of sp³-hybridized carbons (Fsp3) is 0.750. The van der Waals surface area contributed by atoms with Crippen molar-refractivity contribution in [3.63, 3.8) is 0 Å². The lowest BCUT2D eigenvalue weighted by Gasteiger charge is -2.18. The Bertz CT molecular complexity index is 748. The smallest absolute Gasteiger partial charge is 0.306 e. The molecular formula is C40H70O4. The molecule has 0 saturated heterocycles. The molecule has 0 fully saturated rings. The maximum atomic E-state index is 12.5. The molecule has 0 amide bonds. The lowest BCUT2D eigenvalue weighted by molar-refractivity contribution is -0.150. The maximum Gasteiger partial charge on any atom is 0.306 e. The van der Waals surface area contributed by atoms with E-state index < -0.39 is 5.97 Å². The van der Waals surface area contributed by atoms with Crippen LogP contribution in [0.25, 0.3) is 0 Å². The Hall–Kier alpha value is -2.10. The van der Waals surface area contributed by atoms with E-state index in [1.54, 1.807) is 0 Å². The summed E-state index contributed by atoms with van der Waals surface area (Å²) in [5.74, 6) is -0.824. The highest BCUT2D eigenvalue weighted by Gasteiger charge is 2.14. The number of hydrogen-bond acceptors (Lipinski definition) is 3. The van der Waals surface area contributed by atoms with E-state index in [2.05, 4.69) is 62.5 Å². The summed E-state index contributed by atoms with van der Waals surface area (Å²) in [4.78, 5) is 23.3. The average Bonchev–Trinajstić information content (AvgIpc) is 3.01. The van der Waals surface area contributed by atoms with E-state index in [4.69, 9.17) is 9.84 Å². The molecule has 254 valence electrons. The van der Waals surface area contributed by atoms with Crippen LogP contribution >= 0.6 is 0 Å². The van der Waals surface area contributed by atoms with Crippen molar-refractivity contribution < 1.29 is 19.4 Å². The molecule has 4 heteroatoms. The fourth-order valence-corrected chi connectivity index (χ4v) is 5.28. The first-order valence-electron chi connectivity index (χ1n) is 18.6. The first-order valence-corrected chi connectivity index (χ1v) is 18.6. The molecule has 1 N–H and O–H groups in total. The molecule has 0 saturated carbocycles. The third-order valence-corrected chi connectivity index (χ3v) is 8.05. The van der Waals surface area contributed by atoms with Gasteiger partial charge < -0.3 is 9.84 Å². The molecule has 4 nitrogen and oxygen atoms in total. The van der Waals surface area contributed by atoms with Crippen molar-refractivity contribution in [1.29, 1.82) is 0 Å². The average molecular weight is 615 g/mol. The van der Waals surface area contributed by atoms with Gasteiger partial charge in [0.1, 0.15) is 6.10 Å². The van der Waals surface area contributed by atoms with Crippen molar-refractivity contribution in [1.82, 2.24) is 0 Å². The van der Waals surface area contributed by atoms with E-state index in [0.29, 0.717) is 12.8 Å². The van der Waals surface area contributed by atoms with Crippen molar-refractivity contribution in [2.75, 3.05) is 0 Å². The van der Waals surface area contributed by atoms with Gasteiger partial charge in [-0.25, -0.2) is 0 Å². The van der Waals surface area contributed by atoms with E-state index in [-0.39, 0.29) is 18.5 Å². The van der Waals surface area contributed by atoms with Crippen LogP contribution < -0.4 is 0 Å². The minimum Gasteiger partial charge on any atom is -0.481 e. The Balaban J connectivity index is 3.87. The highest BCUT2D eigenvalue weighted by Crippen LogP contribution is 2.18. The van der Waals surface area contributed by atoms with E-state index >= 15 is 0 Å². The SMILES string of the molecule is CCCCC/C=C\C/C=C\C/C=C\C/C=C\CCCCCCCC(=O)OC(CCCCCCCCCC)CCCCC(=O)O. The van der Waals surface area contributed by atoms with E-state index in [0.717, 1.165) is 70.6 Å². The molecule has 0 aromatic rings. The molecule has 1 atom stereocenters. The minimum atomic E-state index is -0.749. The second-order valence-corrected chi connectivity index (χ2v) is 12.4. The summed E-state index contributed by atoms with van der Waals surface area (Å²) in [7, 11) is 0. The summed E-state index contributed by atoms with van der Waals surface area (Å²) in [6.07, 6.45) is 46.9. The zero-order chi connectivity index (χ0) is 32.2. The van der Waals surface area contributed by atoms with Crippen molar-refractivity contribution in [3.8, 4) is 0 Å². The number of aliphatic carboxylic acids is 1. The predicted octanol–water partition coefficient (Wildman–Crippen LogP) is 12.8. The van der Waals surface area contributed by atoms with Crippen LogP contribution in [0.3, 0.4) is 0 Å². The number of rotatable bonds is 33. The Labute approximate surface area is 272 Å². The summed E-state index contributed by atoms with van der Waals surface area (Å²) >= 11 is 0. The largest absolute Gasteiger partial charge is 0.481 e. The van der Waals surface area contributed by atoms with Crippen molar-refractivity contribution in [2.45, 2.75) is 193 Å². The molecule has 0 bridgehead atoms. The molecule has 0 aliphatic carbocycles. The first-order chi connectivity index (χ1) is 21.6. The topological polar surface area (TPSA) is 63.6 Å². The van der Waals surface area contributed by atoms with E-state index in [1.807, 2.05) is 0 Å². The number of carboxylic acids is 1. The van der Waals surface area contributed by atoms with Crippen LogP contribution in [-0.4, -0.2) is 23.1 Å². The normalized spacial score (nSPS) is 12.8. The lowest BCUT2D eigenvalue weighted by Crippen LogP contribution is -2.18. The molecule has 0 rings (SSSR count). The van der Waals surface area contributed by atoms with Crippen molar-refractivity contribution in [2.24, 2.45) is 0 Å². The van der Waals surface area contributed by atoms with Crippen LogP contribution in [0.4, 0.5) is 0 Å². The van der Waals surface area contributed by atoms with E-state index in [1.165, 1.54) is 83.5 Å². The Kier molecular flexibility index (Phi) is 33.7. The molecule has 0 radical (unpaired) electrons. The van der Waals surface area contributed by atoms with Crippen LogP contribution in [-0.2, 0) is 14.3 Å². The zero-order valence-corrected chi connectivity index (χ0v) is 29.0. The van der Waals surface area contributed by atoms with Crippen LogP contribution in [0.2, 0.25) is 0 Å². The van der Waals surface area contributed by atoms with Gasteiger partial charge >= 0.3 is 11.9 Å². The summed E-state index contributed by atoms with van der Waals surface area (Å²) < 4.78 is 5.85. The second-order valence-electron chi connectivity index (χ2n) is 12.4. The van der Waals surface area contributed by atoms with Crippen molar-refractivity contribution in [3.05, 3.63) is 48.6 Å². The van der Waals surface area contributed by atoms with Crippen LogP contribution in [0.5, 0.6) is 0 Å². The van der Waals surface area contributed by atoms with E-state index in [9.17, 15) is 9.59 Å². The monoisotopic (exact) mass is 615 g/mol. The summed E-state index contributed by atoms with van der Waals surface area (Å²) in [5.41, 5.74) is 0. The molecular weight excluding hydrogens is 544 g/mol. The molecule has 0 aliphatic heterocycles. The maximum absolute atomic E-state index is 12.5. The second kappa shape index (κ2) is 35.4. The Morgan fingerprint density at radius 3 is 1.43 bits per heavy atom. The molecule has 0 aromatic carbocycles. The van der Waals surface area contributed by atoms with Gasteiger partial charge in [0.15, 0.2) is 0 Å². The molecule has 1 unspecified atom stereocenters. The molecule has 0 spiro atoms. The minimum absolute atomic E-state index is 0.0539. The van der Waals surface area contributed by atoms with Gasteiger partial charge in [-0.1, -0.05) is 140 Å². The highest BCUT2D eigenvalue weighted by atomic mass is 16.5. The number of esters is 1. The van der Waals surface area contributed by atoms with Gasteiger partial charge in [-0.15, -0.1) is 0 Å². The van der Waals surface area contributed by atoms with Gasteiger partial charge in [0.05, 0.1) is 0 Å². The highest BCUT2D eigenvalue weighted by molar-refractivity contribution is 5.69. The predicted molar refractivity (Wildman–Crippen MR) is 190 cm³/mol. The molecule has 44 heavy (non-hydrogen) atoms. The van der Waals surface area contributed by atoms with Gasteiger partial charge in [0.25, 0.3) is 0 Å². The first kappa shape index (κ1) is 41.9. The Morgan fingerprint density at radius 1 is 0.500 bits per heavy atom. The number of carbonyl (C=O) groups is 2. The van der Waals surface area contributed by atoms with Gasteiger partial charge in [-0.2, -0.15) is 0 Å². The zero-order valence-electron chi connectivity index (χ0n) is 29.0. The van der Waals surface area contributed by atoms with Gasteiger partial charge in [-0.3, -0.25) is 9.59 Å². The van der Waals surface area contributed by atoms with Gasteiger partial charge in [-0.05, 0) is 83.5 Å². The number of unbranched alkanes of at least 4 members (excludes halogenated alkanes) is 16. The Morgan fingerprint density at radius 2 is 0.886 bits per heavy atom. The number of allylic oxidation sites excluding steroid dienone is 8. The standard InChI is InChI=1S/C40H70O4/c1-3-5-7-9-11-13-14-15-16-17-18-19-20-21-22-23-24-25-27-29-31-37-40(43)44-38(35-32-33-36-39(41)42)34-30-28-26-12-10-8-6-4-2/h11,13,15-16,18-19,21-22,38H,3-10,12,14,17,20,23-37H2,1-2H3,(H,41,42)/b13-11-,16-15-,19-18-,22-21-. The lowest BCUT2D eigenvalue weighted by atomic mass is 10.0. The molecule has 0 aliphatic rings. The third kappa shape index (κ3) is 34.4. The van der Waals surface area contributed by atoms with Gasteiger partial charge in [0, 0.05) is 12.8 Å². The quantitative estimate of drug-likeness (QED) is 0.0454. The number of carbonyl (C=O) groups excluding carboxylic acids is 1. The molecule has 0 aromatic heterocycles. The third-order valence-electron chi connectivity index (χ3n) is 8.05. The molecule has 0 heterocycles. The van der Waals surface area contributed by atoms with Gasteiger partial charge in [0.2, 0.25) is 0 Å². The van der Waals surface area contributed by atoms with Crippen LogP contribution in [0.15, 0.2) is 48.6 Å². The number of ether oxygens (including phenoxy) is 1. The fourth-order valence-electron chi connectivity index (χ4n) is 5.28. The summed E-state index contributed by atoms with van der Waals surface area (Å²) in [6, 6.07) is 0. The number of carboxylic acid groups (broad SMARTS) is 1. The van der Waals surface area contributed by atoms with Crippen molar-refractivity contribution >= 4 is 11.9 Å². The van der Waals surface area contributed by atoms with Crippen LogP contribution in [0.1, 0.15) is 187 Å². The summed E-state index contributed by atoms with van der Waals surface area (Å²) in [6.45, 7) is 4.49. The summed E-state index contributed by atoms with van der Waals surface area (Å²) in [5, 5.41) is 8.90. The number of hydrogen-bond donors (Lipinski definition) is 1. The van der Waals surface area contributed by atoms with Crippen LogP contribution in [0, 0.1) is 0 Å².